The Morgan fingerprint density at radius 2 is 0.952 bits per heavy atom. The van der Waals surface area contributed by atoms with Crippen molar-refractivity contribution in [3.63, 3.8) is 0 Å². The largest absolute Gasteiger partial charge is 0.458 e. The van der Waals surface area contributed by atoms with Gasteiger partial charge in [-0.3, -0.25) is 9.80 Å². The van der Waals surface area contributed by atoms with Gasteiger partial charge in [-0.25, -0.2) is 4.79 Å². The molecule has 6 aromatic carbocycles. The number of hydrogen-bond donors (Lipinski definition) is 0. The molecule has 0 bridgehead atoms. The predicted octanol–water partition coefficient (Wildman–Crippen LogP) is 4.08. The lowest BCUT2D eigenvalue weighted by molar-refractivity contribution is 0.255. The summed E-state index contributed by atoms with van der Waals surface area (Å²) in [7, 11) is 0. The van der Waals surface area contributed by atoms with Crippen LogP contribution in [-0.2, 0) is 0 Å². The minimum absolute atomic E-state index is 0.0483. The van der Waals surface area contributed by atoms with Gasteiger partial charge in [0.2, 0.25) is 0 Å². The summed E-state index contributed by atoms with van der Waals surface area (Å²) in [4.78, 5) is 19.1. The average Bonchev–Trinajstić information content (AvgIpc) is 3.53. The summed E-state index contributed by atoms with van der Waals surface area (Å²) in [6.45, 7) is 0.104. The third kappa shape index (κ3) is 1.72. The summed E-state index contributed by atoms with van der Waals surface area (Å²) in [5.41, 5.74) is 15.8. The van der Waals surface area contributed by atoms with Gasteiger partial charge in [0.25, 0.3) is 13.4 Å². The van der Waals surface area contributed by atoms with Crippen LogP contribution in [-0.4, -0.2) is 19.5 Å². The lowest BCUT2D eigenvalue weighted by Crippen LogP contribution is -2.63. The molecule has 7 aliphatic rings. The summed E-state index contributed by atoms with van der Waals surface area (Å²) < 4.78 is 13.1. The molecule has 0 aliphatic carbocycles. The minimum atomic E-state index is -0.0483. The molecule has 0 aromatic heterocycles. The highest BCUT2D eigenvalue weighted by Gasteiger charge is 2.56. The molecule has 7 heterocycles. The van der Waals surface area contributed by atoms with Crippen LogP contribution < -0.4 is 52.1 Å². The van der Waals surface area contributed by atoms with Gasteiger partial charge in [0, 0.05) is 16.8 Å². The lowest BCUT2D eigenvalue weighted by Gasteiger charge is -2.46. The van der Waals surface area contributed by atoms with Crippen LogP contribution >= 0.6 is 0 Å². The van der Waals surface area contributed by atoms with Crippen molar-refractivity contribution >= 4 is 85.8 Å². The van der Waals surface area contributed by atoms with Crippen LogP contribution in [0, 0.1) is 0 Å². The number of rotatable bonds is 0. The van der Waals surface area contributed by atoms with E-state index in [-0.39, 0.29) is 19.5 Å². The van der Waals surface area contributed by atoms with Crippen LogP contribution in [0.1, 0.15) is 0 Å². The van der Waals surface area contributed by atoms with Crippen molar-refractivity contribution in [3.05, 3.63) is 84.9 Å². The molecule has 5 nitrogen and oxygen atoms in total. The number of hydrogen-bond acceptors (Lipinski definition) is 3. The average molecular weight is 532 g/mol. The zero-order chi connectivity index (χ0) is 26.7. The maximum Gasteiger partial charge on any atom is 0.338 e. The first kappa shape index (κ1) is 19.6. The molecule has 0 saturated carbocycles. The summed E-state index contributed by atoms with van der Waals surface area (Å²) in [6.07, 6.45) is 0. The fourth-order valence-electron chi connectivity index (χ4n) is 9.44. The Bertz CT molecular complexity index is 2320. The van der Waals surface area contributed by atoms with Crippen molar-refractivity contribution in [3.8, 4) is 45.3 Å². The smallest absolute Gasteiger partial charge is 0.338 e. The number of anilines is 4. The van der Waals surface area contributed by atoms with Crippen molar-refractivity contribution in [1.29, 1.82) is 0 Å². The van der Waals surface area contributed by atoms with Crippen LogP contribution in [0.5, 0.6) is 23.0 Å². The van der Waals surface area contributed by atoms with Gasteiger partial charge in [0.05, 0.1) is 11.4 Å². The molecule has 188 valence electrons. The molecule has 0 N–H and O–H groups in total. The van der Waals surface area contributed by atoms with Gasteiger partial charge < -0.3 is 9.47 Å². The molecule has 6 aromatic rings. The quantitative estimate of drug-likeness (QED) is 0.277. The minimum Gasteiger partial charge on any atom is -0.458 e. The number of amides is 2. The molecular weight excluding hydrogens is 518 g/mol. The van der Waals surface area contributed by atoms with Gasteiger partial charge in [0.15, 0.2) is 0 Å². The van der Waals surface area contributed by atoms with E-state index in [1.165, 1.54) is 49.5 Å². The van der Waals surface area contributed by atoms with Crippen molar-refractivity contribution in [2.24, 2.45) is 0 Å². The Morgan fingerprint density at radius 1 is 0.500 bits per heavy atom. The second-order valence-corrected chi connectivity index (χ2v) is 12.3. The predicted molar refractivity (Wildman–Crippen MR) is 167 cm³/mol. The molecule has 0 radical (unpaired) electrons. The molecule has 42 heavy (non-hydrogen) atoms. The highest BCUT2D eigenvalue weighted by molar-refractivity contribution is 7.04. The first-order valence-corrected chi connectivity index (χ1v) is 14.5. The van der Waals surface area contributed by atoms with Gasteiger partial charge in [-0.2, -0.15) is 0 Å². The van der Waals surface area contributed by atoms with E-state index >= 15 is 4.79 Å². The third-order valence-corrected chi connectivity index (χ3v) is 10.7. The lowest BCUT2D eigenvalue weighted by atomic mass is 9.35. The van der Waals surface area contributed by atoms with Gasteiger partial charge in [0.1, 0.15) is 23.0 Å². The molecule has 0 fully saturated rings. The van der Waals surface area contributed by atoms with Crippen molar-refractivity contribution in [1.82, 2.24) is 0 Å². The molecule has 7 aliphatic heterocycles. The first-order chi connectivity index (χ1) is 20.8. The van der Waals surface area contributed by atoms with E-state index in [0.29, 0.717) is 0 Å². The highest BCUT2D eigenvalue weighted by atomic mass is 16.5. The topological polar surface area (TPSA) is 42.0 Å². The van der Waals surface area contributed by atoms with E-state index in [2.05, 4.69) is 60.7 Å². The van der Waals surface area contributed by atoms with Crippen molar-refractivity contribution < 1.29 is 14.3 Å². The number of carbonyl (C=O) groups is 1. The van der Waals surface area contributed by atoms with Crippen LogP contribution in [0.3, 0.4) is 0 Å². The monoisotopic (exact) mass is 532 g/mol. The second kappa shape index (κ2) is 5.81. The fourth-order valence-corrected chi connectivity index (χ4v) is 9.44. The zero-order valence-electron chi connectivity index (χ0n) is 21.9. The maximum absolute atomic E-state index is 15.1. The van der Waals surface area contributed by atoms with E-state index in [9.17, 15) is 0 Å². The number of benzene rings is 6. The standard InChI is InChI=1S/C35H14B2N2O3/c40-35-38-20-7-3-11-24-31(20)36-27-16(5-1-9-22(27)41-24)18-13-15-14-19-17-6-2-10-23-28(17)37-30(19)34(26(15)33(38)29(18)36)39(35)21-8-4-12-25(42-23)32(21)37/h1-14H. The summed E-state index contributed by atoms with van der Waals surface area (Å²) in [5.74, 6) is 3.50. The molecule has 0 unspecified atom stereocenters. The molecule has 0 spiro atoms. The van der Waals surface area contributed by atoms with Crippen molar-refractivity contribution in [2.45, 2.75) is 0 Å². The Hall–Kier alpha value is -5.42. The molecule has 0 atom stereocenters. The van der Waals surface area contributed by atoms with Gasteiger partial charge in [-0.15, -0.1) is 0 Å². The Morgan fingerprint density at radius 3 is 1.45 bits per heavy atom. The Kier molecular flexibility index (Phi) is 2.71. The second-order valence-electron chi connectivity index (χ2n) is 12.3. The number of urea groups is 1. The summed E-state index contributed by atoms with van der Waals surface area (Å²) in [6, 6.07) is 29.7. The number of ether oxygens (including phenoxy) is 2. The molecule has 2 amide bonds. The third-order valence-electron chi connectivity index (χ3n) is 10.7. The van der Waals surface area contributed by atoms with Crippen LogP contribution in [0.25, 0.3) is 33.0 Å². The van der Waals surface area contributed by atoms with Gasteiger partial charge in [-0.1, -0.05) is 36.4 Å². The van der Waals surface area contributed by atoms with Gasteiger partial charge >= 0.3 is 6.03 Å². The van der Waals surface area contributed by atoms with E-state index in [1.807, 2.05) is 34.1 Å². The summed E-state index contributed by atoms with van der Waals surface area (Å²) >= 11 is 0. The van der Waals surface area contributed by atoms with E-state index in [0.717, 1.165) is 62.1 Å². The van der Waals surface area contributed by atoms with Crippen molar-refractivity contribution in [2.75, 3.05) is 9.80 Å². The summed E-state index contributed by atoms with van der Waals surface area (Å²) in [5, 5.41) is 2.33. The molecule has 13 rings (SSSR count). The number of fused-ring (bicyclic) bond motifs is 4. The Labute approximate surface area is 239 Å². The SMILES string of the molecule is O=C1N2c3cccc4c3B3c5c(cccc5-c5cc6cc7c8c(c6c2c53)N1c1cccc2c1B8c1c(cccc1-7)O2)O4. The zero-order valence-corrected chi connectivity index (χ0v) is 21.9. The first-order valence-electron chi connectivity index (χ1n) is 14.5. The number of carbonyl (C=O) groups excluding carboxylic acids is 1. The van der Waals surface area contributed by atoms with Crippen LogP contribution in [0.2, 0.25) is 0 Å². The van der Waals surface area contributed by atoms with Crippen LogP contribution in [0.15, 0.2) is 84.9 Å². The van der Waals surface area contributed by atoms with E-state index in [1.54, 1.807) is 0 Å². The molecule has 7 heteroatoms. The fraction of sp³-hybridized carbons (Fsp3) is 0. The molecule has 0 saturated heterocycles. The van der Waals surface area contributed by atoms with Crippen LogP contribution in [0.4, 0.5) is 27.5 Å². The number of nitrogens with zero attached hydrogens (tertiary/aromatic N) is 2. The van der Waals surface area contributed by atoms with Gasteiger partial charge in [-0.05, 0) is 109 Å². The maximum atomic E-state index is 15.1. The Balaban J connectivity index is 1.30. The molecular formula is C35H14B2N2O3. The highest BCUT2D eigenvalue weighted by Crippen LogP contribution is 2.54. The van der Waals surface area contributed by atoms with E-state index in [4.69, 9.17) is 9.47 Å². The van der Waals surface area contributed by atoms with E-state index < -0.39 is 0 Å². The normalized spacial score (nSPS) is 16.3.